The molecular weight excluding hydrogens is 210 g/mol. The van der Waals surface area contributed by atoms with Gasteiger partial charge in [0.15, 0.2) is 0 Å². The van der Waals surface area contributed by atoms with E-state index in [4.69, 9.17) is 0 Å². The van der Waals surface area contributed by atoms with Crippen LogP contribution in [-0.4, -0.2) is 12.5 Å². The number of allylic oxidation sites excluding steroid dienone is 1. The average Bonchev–Trinajstić information content (AvgIpc) is 2.34. The number of carbonyl (C=O) groups is 1. The summed E-state index contributed by atoms with van der Waals surface area (Å²) in [5, 5.41) is 2.85. The van der Waals surface area contributed by atoms with E-state index in [1.165, 1.54) is 18.9 Å². The maximum atomic E-state index is 11.3. The zero-order chi connectivity index (χ0) is 12.9. The lowest BCUT2D eigenvalue weighted by molar-refractivity contribution is -0.116. The highest BCUT2D eigenvalue weighted by atomic mass is 16.1. The molecule has 0 aliphatic rings. The molecule has 0 aliphatic heterocycles. The van der Waals surface area contributed by atoms with Gasteiger partial charge >= 0.3 is 0 Å². The van der Waals surface area contributed by atoms with Crippen molar-refractivity contribution in [2.24, 2.45) is 5.92 Å². The van der Waals surface area contributed by atoms with Crippen molar-refractivity contribution in [3.8, 4) is 11.8 Å². The first-order chi connectivity index (χ1) is 8.20. The molecule has 1 unspecified atom stereocenters. The molecule has 0 fully saturated rings. The maximum absolute atomic E-state index is 11.3. The second-order valence-electron chi connectivity index (χ2n) is 4.37. The predicted octanol–water partition coefficient (Wildman–Crippen LogP) is 3.29. The van der Waals surface area contributed by atoms with Crippen molar-refractivity contribution in [1.82, 2.24) is 5.32 Å². The summed E-state index contributed by atoms with van der Waals surface area (Å²) in [6.45, 7) is 7.16. The minimum atomic E-state index is -0.0480. The van der Waals surface area contributed by atoms with Crippen LogP contribution >= 0.6 is 0 Å². The van der Waals surface area contributed by atoms with E-state index in [9.17, 15) is 4.79 Å². The monoisotopic (exact) mass is 235 g/mol. The van der Waals surface area contributed by atoms with Crippen molar-refractivity contribution in [1.29, 1.82) is 0 Å². The summed E-state index contributed by atoms with van der Waals surface area (Å²) in [4.78, 5) is 11.3. The molecule has 2 heteroatoms. The minimum absolute atomic E-state index is 0.0480. The van der Waals surface area contributed by atoms with Crippen LogP contribution in [0.5, 0.6) is 0 Å². The second kappa shape index (κ2) is 11.3. The van der Waals surface area contributed by atoms with Crippen molar-refractivity contribution >= 4 is 5.91 Å². The summed E-state index contributed by atoms with van der Waals surface area (Å²) in [5.74, 6) is 6.41. The normalized spacial score (nSPS) is 11.9. The molecule has 1 N–H and O–H groups in total. The molecule has 17 heavy (non-hydrogen) atoms. The molecule has 0 spiro atoms. The van der Waals surface area contributed by atoms with E-state index in [1.54, 1.807) is 6.08 Å². The average molecular weight is 235 g/mol. The quantitative estimate of drug-likeness (QED) is 0.409. The highest BCUT2D eigenvalue weighted by Crippen LogP contribution is 1.97. The van der Waals surface area contributed by atoms with Crippen LogP contribution in [-0.2, 0) is 4.79 Å². The smallest absolute Gasteiger partial charge is 0.244 e. The summed E-state index contributed by atoms with van der Waals surface area (Å²) in [5.41, 5.74) is 0. The molecule has 0 saturated heterocycles. The molecule has 0 bridgehead atoms. The van der Waals surface area contributed by atoms with Crippen LogP contribution in [0.3, 0.4) is 0 Å². The van der Waals surface area contributed by atoms with Crippen molar-refractivity contribution in [2.75, 3.05) is 6.54 Å². The van der Waals surface area contributed by atoms with E-state index >= 15 is 0 Å². The van der Waals surface area contributed by atoms with Crippen LogP contribution in [0.25, 0.3) is 0 Å². The van der Waals surface area contributed by atoms with Gasteiger partial charge in [0.05, 0.1) is 0 Å². The number of hydrogen-bond donors (Lipinski definition) is 1. The van der Waals surface area contributed by atoms with Crippen molar-refractivity contribution in [3.63, 3.8) is 0 Å². The first-order valence-corrected chi connectivity index (χ1v) is 6.63. The number of nitrogens with one attached hydrogen (secondary N) is 1. The number of hydrogen-bond acceptors (Lipinski definition) is 1. The molecule has 0 heterocycles. The van der Waals surface area contributed by atoms with Gasteiger partial charge in [-0.2, -0.15) is 0 Å². The first kappa shape index (κ1) is 15.8. The van der Waals surface area contributed by atoms with Crippen LogP contribution in [0, 0.1) is 17.8 Å². The molecule has 1 atom stereocenters. The number of unbranched alkanes of at least 4 members (excludes halogenated alkanes) is 3. The van der Waals surface area contributed by atoms with Gasteiger partial charge in [-0.1, -0.05) is 51.9 Å². The summed E-state index contributed by atoms with van der Waals surface area (Å²) in [6, 6.07) is 0. The molecule has 0 aliphatic carbocycles. The molecule has 0 aromatic rings. The fraction of sp³-hybridized carbons (Fsp3) is 0.667. The zero-order valence-electron chi connectivity index (χ0n) is 11.4. The Morgan fingerprint density at radius 1 is 1.35 bits per heavy atom. The lowest BCUT2D eigenvalue weighted by Gasteiger charge is -2.07. The fourth-order valence-corrected chi connectivity index (χ4v) is 1.19. The van der Waals surface area contributed by atoms with Gasteiger partial charge in [-0.3, -0.25) is 4.79 Å². The van der Waals surface area contributed by atoms with Gasteiger partial charge in [-0.15, -0.1) is 0 Å². The van der Waals surface area contributed by atoms with Crippen LogP contribution < -0.4 is 5.32 Å². The largest absolute Gasteiger partial charge is 0.352 e. The zero-order valence-corrected chi connectivity index (χ0v) is 11.4. The van der Waals surface area contributed by atoms with Crippen LogP contribution in [0.15, 0.2) is 12.2 Å². The van der Waals surface area contributed by atoms with E-state index in [0.717, 1.165) is 25.8 Å². The third-order valence-corrected chi connectivity index (χ3v) is 2.65. The van der Waals surface area contributed by atoms with Crippen LogP contribution in [0.2, 0.25) is 0 Å². The first-order valence-electron chi connectivity index (χ1n) is 6.63. The van der Waals surface area contributed by atoms with Gasteiger partial charge in [0, 0.05) is 19.0 Å². The third kappa shape index (κ3) is 11.0. The Morgan fingerprint density at radius 3 is 2.76 bits per heavy atom. The lowest BCUT2D eigenvalue weighted by Crippen LogP contribution is -2.26. The van der Waals surface area contributed by atoms with E-state index in [2.05, 4.69) is 37.9 Å². The SMILES string of the molecule is CCCCCC#C/C=C/C(=O)NCC(C)CC. The van der Waals surface area contributed by atoms with Crippen molar-refractivity contribution in [2.45, 2.75) is 52.9 Å². The number of amides is 1. The Hall–Kier alpha value is -1.23. The highest BCUT2D eigenvalue weighted by Gasteiger charge is 1.99. The van der Waals surface area contributed by atoms with E-state index < -0.39 is 0 Å². The van der Waals surface area contributed by atoms with Gasteiger partial charge in [0.25, 0.3) is 0 Å². The van der Waals surface area contributed by atoms with Crippen LogP contribution in [0.4, 0.5) is 0 Å². The van der Waals surface area contributed by atoms with Gasteiger partial charge in [0.2, 0.25) is 5.91 Å². The Morgan fingerprint density at radius 2 is 2.12 bits per heavy atom. The van der Waals surface area contributed by atoms with Gasteiger partial charge in [-0.05, 0) is 18.4 Å². The Kier molecular flexibility index (Phi) is 10.4. The molecule has 2 nitrogen and oxygen atoms in total. The van der Waals surface area contributed by atoms with Crippen molar-refractivity contribution in [3.05, 3.63) is 12.2 Å². The lowest BCUT2D eigenvalue weighted by atomic mass is 10.1. The molecule has 0 radical (unpaired) electrons. The predicted molar refractivity (Wildman–Crippen MR) is 73.5 cm³/mol. The summed E-state index contributed by atoms with van der Waals surface area (Å²) >= 11 is 0. The molecule has 0 aromatic heterocycles. The molecule has 0 saturated carbocycles. The molecular formula is C15H25NO. The molecule has 1 amide bonds. The van der Waals surface area contributed by atoms with Gasteiger partial charge < -0.3 is 5.32 Å². The second-order valence-corrected chi connectivity index (χ2v) is 4.37. The Balaban J connectivity index is 3.65. The van der Waals surface area contributed by atoms with Gasteiger partial charge in [-0.25, -0.2) is 0 Å². The van der Waals surface area contributed by atoms with Gasteiger partial charge in [0.1, 0.15) is 0 Å². The van der Waals surface area contributed by atoms with Crippen LogP contribution in [0.1, 0.15) is 52.9 Å². The van der Waals surface area contributed by atoms with E-state index in [-0.39, 0.29) is 5.91 Å². The number of rotatable bonds is 7. The standard InChI is InChI=1S/C15H25NO/c1-4-6-7-8-9-10-11-12-15(17)16-13-14(3)5-2/h11-12,14H,4-8,13H2,1-3H3,(H,16,17)/b12-11+. The topological polar surface area (TPSA) is 29.1 Å². The third-order valence-electron chi connectivity index (χ3n) is 2.65. The van der Waals surface area contributed by atoms with E-state index in [1.807, 2.05) is 0 Å². The molecule has 96 valence electrons. The highest BCUT2D eigenvalue weighted by molar-refractivity contribution is 5.87. The maximum Gasteiger partial charge on any atom is 0.244 e. The minimum Gasteiger partial charge on any atom is -0.352 e. The fourth-order valence-electron chi connectivity index (χ4n) is 1.19. The Bertz CT molecular complexity index is 283. The summed E-state index contributed by atoms with van der Waals surface area (Å²) in [6.07, 6.45) is 8.75. The molecule has 0 aromatic carbocycles. The summed E-state index contributed by atoms with van der Waals surface area (Å²) < 4.78 is 0. The Labute approximate surface area is 106 Å². The molecule has 0 rings (SSSR count). The van der Waals surface area contributed by atoms with E-state index in [0.29, 0.717) is 5.92 Å². The van der Waals surface area contributed by atoms with Crippen molar-refractivity contribution < 1.29 is 4.79 Å². The number of carbonyl (C=O) groups excluding carboxylic acids is 1. The summed E-state index contributed by atoms with van der Waals surface area (Å²) in [7, 11) is 0.